The summed E-state index contributed by atoms with van der Waals surface area (Å²) in [5.41, 5.74) is 1.77. The lowest BCUT2D eigenvalue weighted by atomic mass is 10.0. The molecule has 0 amide bonds. The minimum atomic E-state index is 0.126. The van der Waals surface area contributed by atoms with E-state index in [1.54, 1.807) is 0 Å². The Bertz CT molecular complexity index is 361. The summed E-state index contributed by atoms with van der Waals surface area (Å²) in [6.45, 7) is 5.17. The van der Waals surface area contributed by atoms with Crippen LogP contribution in [0.3, 0.4) is 0 Å². The summed E-state index contributed by atoms with van der Waals surface area (Å²) in [4.78, 5) is 11.9. The molecule has 88 valence electrons. The van der Waals surface area contributed by atoms with E-state index in [1.807, 2.05) is 39.1 Å². The van der Waals surface area contributed by atoms with Crippen LogP contribution in [0.4, 0.5) is 0 Å². The first-order valence-corrected chi connectivity index (χ1v) is 5.60. The van der Waals surface area contributed by atoms with Crippen molar-refractivity contribution in [2.45, 2.75) is 20.3 Å². The summed E-state index contributed by atoms with van der Waals surface area (Å²) in [7, 11) is 1.84. The van der Waals surface area contributed by atoms with Gasteiger partial charge in [0.25, 0.3) is 0 Å². The highest BCUT2D eigenvalue weighted by Crippen LogP contribution is 2.21. The number of ketones is 1. The SMILES string of the molecule is CCOc1ccc(C)cc1C(=O)CCNC. The Morgan fingerprint density at radius 1 is 1.44 bits per heavy atom. The summed E-state index contributed by atoms with van der Waals surface area (Å²) in [6.07, 6.45) is 0.500. The van der Waals surface area contributed by atoms with Crippen LogP contribution in [-0.2, 0) is 0 Å². The molecule has 0 aliphatic carbocycles. The maximum absolute atomic E-state index is 11.9. The molecule has 0 saturated carbocycles. The van der Waals surface area contributed by atoms with Gasteiger partial charge in [-0.2, -0.15) is 0 Å². The predicted octanol–water partition coefficient (Wildman–Crippen LogP) is 2.19. The van der Waals surface area contributed by atoms with Gasteiger partial charge in [-0.25, -0.2) is 0 Å². The topological polar surface area (TPSA) is 38.3 Å². The molecular formula is C13H19NO2. The van der Waals surface area contributed by atoms with Gasteiger partial charge in [0.1, 0.15) is 5.75 Å². The number of carbonyl (C=O) groups excluding carboxylic acids is 1. The van der Waals surface area contributed by atoms with Gasteiger partial charge < -0.3 is 10.1 Å². The van der Waals surface area contributed by atoms with E-state index in [0.717, 1.165) is 5.56 Å². The van der Waals surface area contributed by atoms with Crippen LogP contribution in [0.1, 0.15) is 29.3 Å². The van der Waals surface area contributed by atoms with Gasteiger partial charge in [-0.05, 0) is 33.0 Å². The van der Waals surface area contributed by atoms with E-state index in [0.29, 0.717) is 30.9 Å². The zero-order chi connectivity index (χ0) is 12.0. The van der Waals surface area contributed by atoms with Crippen LogP contribution in [0.5, 0.6) is 5.75 Å². The molecule has 0 saturated heterocycles. The quantitative estimate of drug-likeness (QED) is 0.748. The fourth-order valence-corrected chi connectivity index (χ4v) is 1.52. The second-order valence-electron chi connectivity index (χ2n) is 3.71. The highest BCUT2D eigenvalue weighted by Gasteiger charge is 2.11. The van der Waals surface area contributed by atoms with Gasteiger partial charge in [-0.15, -0.1) is 0 Å². The number of hydrogen-bond acceptors (Lipinski definition) is 3. The Morgan fingerprint density at radius 2 is 2.19 bits per heavy atom. The van der Waals surface area contributed by atoms with Crippen molar-refractivity contribution < 1.29 is 9.53 Å². The maximum atomic E-state index is 11.9. The molecule has 3 nitrogen and oxygen atoms in total. The van der Waals surface area contributed by atoms with Crippen LogP contribution in [-0.4, -0.2) is 26.0 Å². The molecule has 0 aromatic heterocycles. The van der Waals surface area contributed by atoms with Crippen molar-refractivity contribution in [1.29, 1.82) is 0 Å². The average molecular weight is 221 g/mol. The number of rotatable bonds is 6. The van der Waals surface area contributed by atoms with E-state index >= 15 is 0 Å². The molecular weight excluding hydrogens is 202 g/mol. The maximum Gasteiger partial charge on any atom is 0.167 e. The lowest BCUT2D eigenvalue weighted by Crippen LogP contribution is -2.14. The lowest BCUT2D eigenvalue weighted by Gasteiger charge is -2.10. The Kier molecular flexibility index (Phi) is 4.99. The monoisotopic (exact) mass is 221 g/mol. The molecule has 0 aliphatic rings. The third-order valence-corrected chi connectivity index (χ3v) is 2.34. The highest BCUT2D eigenvalue weighted by molar-refractivity contribution is 5.98. The number of carbonyl (C=O) groups is 1. The molecule has 0 heterocycles. The smallest absolute Gasteiger partial charge is 0.167 e. The van der Waals surface area contributed by atoms with Gasteiger partial charge in [0.05, 0.1) is 12.2 Å². The van der Waals surface area contributed by atoms with E-state index < -0.39 is 0 Å². The van der Waals surface area contributed by atoms with Gasteiger partial charge in [-0.3, -0.25) is 4.79 Å². The zero-order valence-corrected chi connectivity index (χ0v) is 10.2. The van der Waals surface area contributed by atoms with Gasteiger partial charge in [0, 0.05) is 13.0 Å². The summed E-state index contributed by atoms with van der Waals surface area (Å²) in [6, 6.07) is 5.72. The van der Waals surface area contributed by atoms with Crippen LogP contribution < -0.4 is 10.1 Å². The summed E-state index contributed by atoms with van der Waals surface area (Å²) in [5.74, 6) is 0.815. The molecule has 3 heteroatoms. The van der Waals surface area contributed by atoms with Crippen molar-refractivity contribution >= 4 is 5.78 Å². The number of hydrogen-bond donors (Lipinski definition) is 1. The van der Waals surface area contributed by atoms with E-state index in [4.69, 9.17) is 4.74 Å². The van der Waals surface area contributed by atoms with Crippen LogP contribution in [0.2, 0.25) is 0 Å². The van der Waals surface area contributed by atoms with Gasteiger partial charge in [0.2, 0.25) is 0 Å². The van der Waals surface area contributed by atoms with Crippen molar-refractivity contribution in [2.75, 3.05) is 20.2 Å². The van der Waals surface area contributed by atoms with Crippen molar-refractivity contribution in [3.8, 4) is 5.75 Å². The molecule has 0 fully saturated rings. The summed E-state index contributed by atoms with van der Waals surface area (Å²) in [5, 5.41) is 2.97. The molecule has 16 heavy (non-hydrogen) atoms. The number of Topliss-reactive ketones (excluding diaryl/α,β-unsaturated/α-hetero) is 1. The first-order valence-electron chi connectivity index (χ1n) is 5.60. The third kappa shape index (κ3) is 3.35. The van der Waals surface area contributed by atoms with Crippen LogP contribution in [0.25, 0.3) is 0 Å². The van der Waals surface area contributed by atoms with E-state index in [2.05, 4.69) is 5.32 Å². The molecule has 0 atom stereocenters. The van der Waals surface area contributed by atoms with Crippen molar-refractivity contribution in [3.63, 3.8) is 0 Å². The summed E-state index contributed by atoms with van der Waals surface area (Å²) >= 11 is 0. The van der Waals surface area contributed by atoms with Crippen LogP contribution in [0.15, 0.2) is 18.2 Å². The Labute approximate surface area is 96.8 Å². The van der Waals surface area contributed by atoms with Crippen molar-refractivity contribution in [1.82, 2.24) is 5.32 Å². The number of nitrogens with one attached hydrogen (secondary N) is 1. The molecule has 0 bridgehead atoms. The number of aryl methyl sites for hydroxylation is 1. The molecule has 1 aromatic rings. The standard InChI is InChI=1S/C13H19NO2/c1-4-16-13-6-5-10(2)9-11(13)12(15)7-8-14-3/h5-6,9,14H,4,7-8H2,1-3H3. The Balaban J connectivity index is 2.90. The minimum absolute atomic E-state index is 0.126. The highest BCUT2D eigenvalue weighted by atomic mass is 16.5. The lowest BCUT2D eigenvalue weighted by molar-refractivity contribution is 0.0979. The first-order chi connectivity index (χ1) is 7.69. The second-order valence-corrected chi connectivity index (χ2v) is 3.71. The first kappa shape index (κ1) is 12.7. The zero-order valence-electron chi connectivity index (χ0n) is 10.2. The van der Waals surface area contributed by atoms with Gasteiger partial charge in [0.15, 0.2) is 5.78 Å². The summed E-state index contributed by atoms with van der Waals surface area (Å²) < 4.78 is 5.45. The molecule has 0 aliphatic heterocycles. The molecule has 1 N–H and O–H groups in total. The molecule has 1 rings (SSSR count). The van der Waals surface area contributed by atoms with Gasteiger partial charge in [-0.1, -0.05) is 11.6 Å². The van der Waals surface area contributed by atoms with Crippen LogP contribution in [0, 0.1) is 6.92 Å². The Morgan fingerprint density at radius 3 is 2.81 bits per heavy atom. The normalized spacial score (nSPS) is 10.2. The van der Waals surface area contributed by atoms with Crippen LogP contribution >= 0.6 is 0 Å². The number of ether oxygens (including phenoxy) is 1. The fraction of sp³-hybridized carbons (Fsp3) is 0.462. The average Bonchev–Trinajstić information content (AvgIpc) is 2.28. The van der Waals surface area contributed by atoms with E-state index in [1.165, 1.54) is 0 Å². The molecule has 0 spiro atoms. The molecule has 0 radical (unpaired) electrons. The van der Waals surface area contributed by atoms with Gasteiger partial charge >= 0.3 is 0 Å². The Hall–Kier alpha value is -1.35. The van der Waals surface area contributed by atoms with Crippen molar-refractivity contribution in [3.05, 3.63) is 29.3 Å². The third-order valence-electron chi connectivity index (χ3n) is 2.34. The molecule has 1 aromatic carbocycles. The largest absolute Gasteiger partial charge is 0.493 e. The van der Waals surface area contributed by atoms with E-state index in [9.17, 15) is 4.79 Å². The molecule has 0 unspecified atom stereocenters. The number of benzene rings is 1. The predicted molar refractivity (Wildman–Crippen MR) is 65.2 cm³/mol. The minimum Gasteiger partial charge on any atom is -0.493 e. The fourth-order valence-electron chi connectivity index (χ4n) is 1.52. The van der Waals surface area contributed by atoms with E-state index in [-0.39, 0.29) is 5.78 Å². The van der Waals surface area contributed by atoms with Crippen molar-refractivity contribution in [2.24, 2.45) is 0 Å². The second kappa shape index (κ2) is 6.28.